The largest absolute Gasteiger partial charge is 0.372 e. The summed E-state index contributed by atoms with van der Waals surface area (Å²) in [5.74, 6) is 1.10. The van der Waals surface area contributed by atoms with Crippen LogP contribution in [0.25, 0.3) is 0 Å². The van der Waals surface area contributed by atoms with Crippen molar-refractivity contribution in [2.24, 2.45) is 7.05 Å². The molecular weight excluding hydrogens is 386 g/mol. The van der Waals surface area contributed by atoms with Crippen LogP contribution in [0.1, 0.15) is 67.3 Å². The van der Waals surface area contributed by atoms with Crippen LogP contribution in [0, 0.1) is 11.3 Å². The van der Waals surface area contributed by atoms with Gasteiger partial charge in [0.25, 0.3) is 5.91 Å². The van der Waals surface area contributed by atoms with Crippen molar-refractivity contribution in [1.29, 1.82) is 5.26 Å². The van der Waals surface area contributed by atoms with Crippen molar-refractivity contribution < 1.29 is 4.79 Å². The average Bonchev–Trinajstić information content (AvgIpc) is 3.10. The maximum absolute atomic E-state index is 12.6. The lowest BCUT2D eigenvalue weighted by molar-refractivity contribution is 0.0921. The lowest BCUT2D eigenvalue weighted by atomic mass is 9.90. The van der Waals surface area contributed by atoms with Crippen LogP contribution in [0.2, 0.25) is 5.02 Å². The molecule has 0 unspecified atom stereocenters. The molecule has 0 spiro atoms. The second-order valence-electron chi connectivity index (χ2n) is 8.12. The first-order valence-corrected chi connectivity index (χ1v) is 10.4. The summed E-state index contributed by atoms with van der Waals surface area (Å²) in [7, 11) is 3.98. The summed E-state index contributed by atoms with van der Waals surface area (Å²) < 4.78 is 1.92. The van der Waals surface area contributed by atoms with E-state index < -0.39 is 0 Å². The molecule has 3 rings (SSSR count). The van der Waals surface area contributed by atoms with Gasteiger partial charge < -0.3 is 14.8 Å². The number of amides is 1. The molecule has 1 heterocycles. The van der Waals surface area contributed by atoms with Gasteiger partial charge in [-0.25, -0.2) is 4.98 Å². The Labute approximate surface area is 177 Å². The monoisotopic (exact) mass is 413 g/mol. The standard InChI is InChI=1S/C22H28ClN5O/c1-14(2)21-26-20(13-27(21)3)22(29)25-16-6-9-17(10-7-16)28(4)18-8-5-15(12-24)19(23)11-18/h5,8,11,13-14,16-17H,6-7,9-10H2,1-4H3,(H,25,29). The lowest BCUT2D eigenvalue weighted by Gasteiger charge is -2.36. The van der Waals surface area contributed by atoms with Gasteiger partial charge in [0.15, 0.2) is 0 Å². The number of carbonyl (C=O) groups excluding carboxylic acids is 1. The Hall–Kier alpha value is -2.52. The quantitative estimate of drug-likeness (QED) is 0.795. The SMILES string of the molecule is CC(C)c1nc(C(=O)NC2CCC(N(C)c3ccc(C#N)c(Cl)c3)CC2)cn1C. The molecule has 0 radical (unpaired) electrons. The summed E-state index contributed by atoms with van der Waals surface area (Å²) in [5.41, 5.74) is 1.99. The van der Waals surface area contributed by atoms with E-state index in [1.54, 1.807) is 12.3 Å². The molecule has 1 aliphatic rings. The van der Waals surface area contributed by atoms with Crippen molar-refractivity contribution in [2.45, 2.75) is 57.5 Å². The highest BCUT2D eigenvalue weighted by Crippen LogP contribution is 2.29. The Balaban J connectivity index is 1.56. The molecule has 29 heavy (non-hydrogen) atoms. The summed E-state index contributed by atoms with van der Waals surface area (Å²) in [5, 5.41) is 12.7. The minimum atomic E-state index is -0.0943. The van der Waals surface area contributed by atoms with Gasteiger partial charge in [0.2, 0.25) is 0 Å². The number of rotatable bonds is 5. The van der Waals surface area contributed by atoms with Crippen molar-refractivity contribution in [3.63, 3.8) is 0 Å². The third-order valence-corrected chi connectivity index (χ3v) is 6.03. The topological polar surface area (TPSA) is 74.0 Å². The first-order valence-electron chi connectivity index (χ1n) is 10.1. The molecule has 1 aromatic carbocycles. The third kappa shape index (κ3) is 4.73. The number of aryl methyl sites for hydroxylation is 1. The van der Waals surface area contributed by atoms with Gasteiger partial charge in [0, 0.05) is 44.0 Å². The van der Waals surface area contributed by atoms with E-state index in [0.717, 1.165) is 37.2 Å². The Kier molecular flexibility index (Phi) is 6.49. The maximum Gasteiger partial charge on any atom is 0.271 e. The number of imidazole rings is 1. The second-order valence-corrected chi connectivity index (χ2v) is 8.52. The summed E-state index contributed by atoms with van der Waals surface area (Å²) >= 11 is 6.18. The van der Waals surface area contributed by atoms with Crippen LogP contribution in [0.5, 0.6) is 0 Å². The fraction of sp³-hybridized carbons (Fsp3) is 0.500. The average molecular weight is 414 g/mol. The molecule has 7 heteroatoms. The molecule has 1 fully saturated rings. The summed E-state index contributed by atoms with van der Waals surface area (Å²) in [4.78, 5) is 19.3. The summed E-state index contributed by atoms with van der Waals surface area (Å²) in [6.07, 6.45) is 5.62. The predicted molar refractivity (Wildman–Crippen MR) is 115 cm³/mol. The van der Waals surface area contributed by atoms with Crippen LogP contribution in [0.3, 0.4) is 0 Å². The number of carbonyl (C=O) groups is 1. The minimum Gasteiger partial charge on any atom is -0.372 e. The van der Waals surface area contributed by atoms with Crippen molar-refractivity contribution >= 4 is 23.2 Å². The molecule has 0 aliphatic heterocycles. The number of nitrogens with zero attached hydrogens (tertiary/aromatic N) is 4. The van der Waals surface area contributed by atoms with Crippen molar-refractivity contribution in [3.8, 4) is 6.07 Å². The lowest BCUT2D eigenvalue weighted by Crippen LogP contribution is -2.43. The van der Waals surface area contributed by atoms with Crippen LogP contribution in [-0.2, 0) is 7.05 Å². The van der Waals surface area contributed by atoms with Gasteiger partial charge in [-0.3, -0.25) is 4.79 Å². The molecular formula is C22H28ClN5O. The number of benzene rings is 1. The van der Waals surface area contributed by atoms with E-state index in [9.17, 15) is 4.79 Å². The van der Waals surface area contributed by atoms with Gasteiger partial charge in [-0.15, -0.1) is 0 Å². The molecule has 1 N–H and O–H groups in total. The van der Waals surface area contributed by atoms with Gasteiger partial charge in [-0.2, -0.15) is 5.26 Å². The number of hydrogen-bond donors (Lipinski definition) is 1. The van der Waals surface area contributed by atoms with Crippen LogP contribution in [-0.4, -0.2) is 34.6 Å². The Morgan fingerprint density at radius 3 is 2.59 bits per heavy atom. The fourth-order valence-electron chi connectivity index (χ4n) is 4.02. The molecule has 6 nitrogen and oxygen atoms in total. The number of halogens is 1. The number of aromatic nitrogens is 2. The molecule has 0 bridgehead atoms. The number of nitriles is 1. The molecule has 1 aliphatic carbocycles. The first-order chi connectivity index (χ1) is 13.8. The number of anilines is 1. The van der Waals surface area contributed by atoms with E-state index in [4.69, 9.17) is 16.9 Å². The third-order valence-electron chi connectivity index (χ3n) is 5.72. The Morgan fingerprint density at radius 2 is 2.03 bits per heavy atom. The van der Waals surface area contributed by atoms with E-state index >= 15 is 0 Å². The minimum absolute atomic E-state index is 0.0943. The predicted octanol–water partition coefficient (Wildman–Crippen LogP) is 4.25. The summed E-state index contributed by atoms with van der Waals surface area (Å²) in [6, 6.07) is 8.19. The van der Waals surface area contributed by atoms with Crippen LogP contribution in [0.15, 0.2) is 24.4 Å². The number of hydrogen-bond acceptors (Lipinski definition) is 4. The van der Waals surface area contributed by atoms with Crippen molar-refractivity contribution in [3.05, 3.63) is 46.5 Å². The second kappa shape index (κ2) is 8.87. The molecule has 1 aromatic heterocycles. The van der Waals surface area contributed by atoms with Crippen molar-refractivity contribution in [1.82, 2.24) is 14.9 Å². The smallest absolute Gasteiger partial charge is 0.271 e. The summed E-state index contributed by atoms with van der Waals surface area (Å²) in [6.45, 7) is 4.14. The zero-order chi connectivity index (χ0) is 21.1. The Morgan fingerprint density at radius 1 is 1.34 bits per heavy atom. The van der Waals surface area contributed by atoms with Crippen molar-refractivity contribution in [2.75, 3.05) is 11.9 Å². The van der Waals surface area contributed by atoms with E-state index in [0.29, 0.717) is 22.3 Å². The van der Waals surface area contributed by atoms with Gasteiger partial charge in [0.1, 0.15) is 17.6 Å². The molecule has 0 saturated heterocycles. The van der Waals surface area contributed by atoms with E-state index in [2.05, 4.69) is 42.2 Å². The van der Waals surface area contributed by atoms with Crippen LogP contribution < -0.4 is 10.2 Å². The zero-order valence-electron chi connectivity index (χ0n) is 17.4. The van der Waals surface area contributed by atoms with Crippen LogP contribution in [0.4, 0.5) is 5.69 Å². The number of nitrogens with one attached hydrogen (secondary N) is 1. The zero-order valence-corrected chi connectivity index (χ0v) is 18.2. The highest BCUT2D eigenvalue weighted by atomic mass is 35.5. The van der Waals surface area contributed by atoms with Gasteiger partial charge in [-0.1, -0.05) is 25.4 Å². The van der Waals surface area contributed by atoms with E-state index in [1.807, 2.05) is 23.7 Å². The highest BCUT2D eigenvalue weighted by molar-refractivity contribution is 6.32. The van der Waals surface area contributed by atoms with E-state index in [1.165, 1.54) is 0 Å². The van der Waals surface area contributed by atoms with E-state index in [-0.39, 0.29) is 17.9 Å². The Bertz CT molecular complexity index is 922. The molecule has 1 saturated carbocycles. The van der Waals surface area contributed by atoms with Crippen LogP contribution >= 0.6 is 11.6 Å². The maximum atomic E-state index is 12.6. The van der Waals surface area contributed by atoms with Gasteiger partial charge in [-0.05, 0) is 43.9 Å². The van der Waals surface area contributed by atoms with Gasteiger partial charge >= 0.3 is 0 Å². The van der Waals surface area contributed by atoms with Gasteiger partial charge in [0.05, 0.1) is 10.6 Å². The highest BCUT2D eigenvalue weighted by Gasteiger charge is 2.26. The fourth-order valence-corrected chi connectivity index (χ4v) is 4.24. The molecule has 154 valence electrons. The molecule has 0 atom stereocenters. The molecule has 2 aromatic rings. The normalized spacial score (nSPS) is 19.1. The molecule has 1 amide bonds. The first kappa shape index (κ1) is 21.2.